The molecule has 0 bridgehead atoms. The van der Waals surface area contributed by atoms with Gasteiger partial charge >= 0.3 is 5.97 Å². The maximum absolute atomic E-state index is 14.3. The normalized spacial score (nSPS) is 11.8. The molecule has 1 aromatic heterocycles. The van der Waals surface area contributed by atoms with Crippen molar-refractivity contribution in [2.45, 2.75) is 26.3 Å². The van der Waals surface area contributed by atoms with Crippen LogP contribution in [0.15, 0.2) is 47.8 Å². The summed E-state index contributed by atoms with van der Waals surface area (Å²) < 4.78 is 14.3. The van der Waals surface area contributed by atoms with E-state index in [2.05, 4.69) is 10.3 Å². The Morgan fingerprint density at radius 2 is 1.86 bits per heavy atom. The second-order valence-electron chi connectivity index (χ2n) is 6.45. The second kappa shape index (κ2) is 8.31. The van der Waals surface area contributed by atoms with Gasteiger partial charge in [0.1, 0.15) is 16.5 Å². The number of carbonyl (C=O) groups is 2. The Kier molecular flexibility index (Phi) is 5.84. The monoisotopic (exact) mass is 398 g/mol. The second-order valence-corrected chi connectivity index (χ2v) is 7.31. The number of rotatable bonds is 6. The van der Waals surface area contributed by atoms with E-state index in [0.717, 1.165) is 11.1 Å². The molecule has 1 atom stereocenters. The van der Waals surface area contributed by atoms with Crippen LogP contribution in [0.4, 0.5) is 4.39 Å². The van der Waals surface area contributed by atoms with E-state index in [1.54, 1.807) is 42.6 Å². The molecule has 0 aliphatic heterocycles. The van der Waals surface area contributed by atoms with Gasteiger partial charge in [-0.3, -0.25) is 9.59 Å². The fourth-order valence-electron chi connectivity index (χ4n) is 2.94. The lowest BCUT2D eigenvalue weighted by Crippen LogP contribution is -2.30. The number of amides is 1. The van der Waals surface area contributed by atoms with E-state index in [4.69, 9.17) is 0 Å². The number of benzene rings is 2. The Morgan fingerprint density at radius 3 is 2.57 bits per heavy atom. The van der Waals surface area contributed by atoms with Crippen LogP contribution in [0.5, 0.6) is 0 Å². The van der Waals surface area contributed by atoms with Gasteiger partial charge < -0.3 is 10.4 Å². The van der Waals surface area contributed by atoms with E-state index in [9.17, 15) is 19.1 Å². The molecule has 1 amide bonds. The van der Waals surface area contributed by atoms with Crippen LogP contribution in [-0.4, -0.2) is 22.0 Å². The van der Waals surface area contributed by atoms with E-state index in [-0.39, 0.29) is 17.9 Å². The van der Waals surface area contributed by atoms with Gasteiger partial charge in [0, 0.05) is 10.9 Å². The lowest BCUT2D eigenvalue weighted by Gasteiger charge is -2.18. The number of aryl methyl sites for hydroxylation is 2. The van der Waals surface area contributed by atoms with Gasteiger partial charge in [0.2, 0.25) is 0 Å². The highest BCUT2D eigenvalue weighted by Gasteiger charge is 2.22. The fourth-order valence-corrected chi connectivity index (χ4v) is 3.76. The van der Waals surface area contributed by atoms with Crippen LogP contribution < -0.4 is 5.32 Å². The van der Waals surface area contributed by atoms with Crippen LogP contribution in [0.1, 0.15) is 39.6 Å². The van der Waals surface area contributed by atoms with E-state index in [0.29, 0.717) is 16.1 Å². The minimum Gasteiger partial charge on any atom is -0.481 e. The van der Waals surface area contributed by atoms with Crippen molar-refractivity contribution >= 4 is 23.2 Å². The molecular weight excluding hydrogens is 379 g/mol. The molecule has 0 saturated heterocycles. The minimum atomic E-state index is -1.02. The third kappa shape index (κ3) is 4.26. The van der Waals surface area contributed by atoms with Crippen LogP contribution in [0.25, 0.3) is 10.6 Å². The van der Waals surface area contributed by atoms with Crippen LogP contribution in [0, 0.1) is 19.7 Å². The first-order chi connectivity index (χ1) is 13.4. The molecule has 5 nitrogen and oxygen atoms in total. The van der Waals surface area contributed by atoms with Gasteiger partial charge in [0.25, 0.3) is 5.91 Å². The van der Waals surface area contributed by atoms with Gasteiger partial charge in [-0.2, -0.15) is 0 Å². The van der Waals surface area contributed by atoms with Crippen molar-refractivity contribution in [3.8, 4) is 10.6 Å². The highest BCUT2D eigenvalue weighted by molar-refractivity contribution is 7.13. The molecule has 0 aliphatic rings. The van der Waals surface area contributed by atoms with Crippen molar-refractivity contribution in [1.82, 2.24) is 10.3 Å². The summed E-state index contributed by atoms with van der Waals surface area (Å²) in [5.41, 5.74) is 2.59. The number of thiazole rings is 1. The Bertz CT molecular complexity index is 1030. The molecule has 0 unspecified atom stereocenters. The molecule has 7 heteroatoms. The SMILES string of the molecule is Cc1ccccc1[C@H](CC(=O)O)NC(=O)c1csc(-c2cccc(C)c2F)n1. The molecule has 0 spiro atoms. The number of aromatic nitrogens is 1. The van der Waals surface area contributed by atoms with Crippen molar-refractivity contribution < 1.29 is 19.1 Å². The average molecular weight is 398 g/mol. The number of halogens is 1. The number of carbonyl (C=O) groups excluding carboxylic acids is 1. The Labute approximate surface area is 165 Å². The van der Waals surface area contributed by atoms with Crippen molar-refractivity contribution in [1.29, 1.82) is 0 Å². The van der Waals surface area contributed by atoms with Gasteiger partial charge in [-0.1, -0.05) is 36.4 Å². The van der Waals surface area contributed by atoms with E-state index in [1.807, 2.05) is 19.1 Å². The third-order valence-electron chi connectivity index (χ3n) is 4.41. The first kappa shape index (κ1) is 19.7. The van der Waals surface area contributed by atoms with Gasteiger partial charge in [-0.15, -0.1) is 11.3 Å². The van der Waals surface area contributed by atoms with Crippen molar-refractivity contribution in [2.24, 2.45) is 0 Å². The molecule has 28 heavy (non-hydrogen) atoms. The Morgan fingerprint density at radius 1 is 1.14 bits per heavy atom. The molecule has 1 heterocycles. The quantitative estimate of drug-likeness (QED) is 0.640. The predicted octanol–water partition coefficient (Wildman–Crippen LogP) is 4.51. The number of nitrogens with one attached hydrogen (secondary N) is 1. The van der Waals surface area contributed by atoms with E-state index in [1.165, 1.54) is 11.3 Å². The van der Waals surface area contributed by atoms with Crippen LogP contribution >= 0.6 is 11.3 Å². The molecule has 3 aromatic rings. The third-order valence-corrected chi connectivity index (χ3v) is 5.28. The minimum absolute atomic E-state index is 0.130. The largest absolute Gasteiger partial charge is 0.481 e. The zero-order valence-electron chi connectivity index (χ0n) is 15.4. The summed E-state index contributed by atoms with van der Waals surface area (Å²) in [6.45, 7) is 3.52. The number of carboxylic acid groups (broad SMARTS) is 1. The van der Waals surface area contributed by atoms with E-state index >= 15 is 0 Å². The van der Waals surface area contributed by atoms with Crippen molar-refractivity contribution in [3.63, 3.8) is 0 Å². The van der Waals surface area contributed by atoms with Gasteiger partial charge in [-0.05, 0) is 36.6 Å². The molecule has 0 saturated carbocycles. The zero-order chi connectivity index (χ0) is 20.3. The number of nitrogens with zero attached hydrogens (tertiary/aromatic N) is 1. The summed E-state index contributed by atoms with van der Waals surface area (Å²) in [5, 5.41) is 13.9. The molecule has 3 rings (SSSR count). The first-order valence-corrected chi connectivity index (χ1v) is 9.54. The summed E-state index contributed by atoms with van der Waals surface area (Å²) in [6.07, 6.45) is -0.250. The molecule has 144 valence electrons. The molecular formula is C21H19FN2O3S. The summed E-state index contributed by atoms with van der Waals surface area (Å²) in [6, 6.07) is 11.6. The standard InChI is InChI=1S/C21H19FN2O3S/c1-12-6-3-4-8-14(12)16(10-18(25)26)23-20(27)17-11-28-21(24-17)15-9-5-7-13(2)19(15)22/h3-9,11,16H,10H2,1-2H3,(H,23,27)(H,25,26)/t16-/m0/s1. The summed E-state index contributed by atoms with van der Waals surface area (Å²) in [4.78, 5) is 28.2. The fraction of sp³-hybridized carbons (Fsp3) is 0.190. The molecule has 2 aromatic carbocycles. The zero-order valence-corrected chi connectivity index (χ0v) is 16.2. The lowest BCUT2D eigenvalue weighted by atomic mass is 9.98. The lowest BCUT2D eigenvalue weighted by molar-refractivity contribution is -0.137. The number of aliphatic carboxylic acids is 1. The summed E-state index contributed by atoms with van der Waals surface area (Å²) in [7, 11) is 0. The van der Waals surface area contributed by atoms with Crippen molar-refractivity contribution in [3.05, 3.63) is 76.0 Å². The maximum Gasteiger partial charge on any atom is 0.305 e. The van der Waals surface area contributed by atoms with Crippen LogP contribution in [-0.2, 0) is 4.79 Å². The molecule has 2 N–H and O–H groups in total. The van der Waals surface area contributed by atoms with Crippen LogP contribution in [0.2, 0.25) is 0 Å². The number of hydrogen-bond acceptors (Lipinski definition) is 4. The maximum atomic E-state index is 14.3. The molecule has 0 fully saturated rings. The van der Waals surface area contributed by atoms with Crippen molar-refractivity contribution in [2.75, 3.05) is 0 Å². The average Bonchev–Trinajstić information content (AvgIpc) is 3.13. The highest BCUT2D eigenvalue weighted by atomic mass is 32.1. The number of hydrogen-bond donors (Lipinski definition) is 2. The Balaban J connectivity index is 1.85. The summed E-state index contributed by atoms with van der Waals surface area (Å²) in [5.74, 6) is -1.88. The van der Waals surface area contributed by atoms with Gasteiger partial charge in [0.15, 0.2) is 0 Å². The smallest absolute Gasteiger partial charge is 0.305 e. The van der Waals surface area contributed by atoms with E-state index < -0.39 is 17.9 Å². The number of carboxylic acids is 1. The molecule has 0 aliphatic carbocycles. The topological polar surface area (TPSA) is 79.3 Å². The van der Waals surface area contributed by atoms with Gasteiger partial charge in [-0.25, -0.2) is 9.37 Å². The van der Waals surface area contributed by atoms with Crippen LogP contribution in [0.3, 0.4) is 0 Å². The summed E-state index contributed by atoms with van der Waals surface area (Å²) >= 11 is 1.17. The Hall–Kier alpha value is -3.06. The van der Waals surface area contributed by atoms with Gasteiger partial charge in [0.05, 0.1) is 12.5 Å². The first-order valence-electron chi connectivity index (χ1n) is 8.66. The highest BCUT2D eigenvalue weighted by Crippen LogP contribution is 2.28. The predicted molar refractivity (Wildman–Crippen MR) is 106 cm³/mol. The molecule has 0 radical (unpaired) electrons.